The van der Waals surface area contributed by atoms with Gasteiger partial charge >= 0.3 is 0 Å². The second-order valence-electron chi connectivity index (χ2n) is 3.89. The van der Waals surface area contributed by atoms with Crippen molar-refractivity contribution in [1.82, 2.24) is 4.90 Å². The molecule has 0 aliphatic carbocycles. The molecule has 82 valence electrons. The maximum atomic E-state index is 3.29. The summed E-state index contributed by atoms with van der Waals surface area (Å²) < 4.78 is 0. The average molecular weight is 195 g/mol. The van der Waals surface area contributed by atoms with Gasteiger partial charge < -0.3 is 4.90 Å². The number of rotatable bonds is 6. The lowest BCUT2D eigenvalue weighted by molar-refractivity contribution is 0.362. The first kappa shape index (κ1) is 13.5. The Labute approximate surface area is 89.9 Å². The minimum absolute atomic E-state index is 0.811. The van der Waals surface area contributed by atoms with Crippen molar-refractivity contribution in [3.8, 4) is 11.8 Å². The average Bonchev–Trinajstić information content (AvgIpc) is 2.23. The van der Waals surface area contributed by atoms with Crippen LogP contribution in [0.15, 0.2) is 0 Å². The first-order valence-corrected chi connectivity index (χ1v) is 5.88. The van der Waals surface area contributed by atoms with Crippen molar-refractivity contribution >= 4 is 0 Å². The third-order valence-corrected chi connectivity index (χ3v) is 2.83. The maximum Gasteiger partial charge on any atom is 0.0216 e. The van der Waals surface area contributed by atoms with E-state index in [1.165, 1.54) is 12.8 Å². The molecule has 1 nitrogen and oxygen atoms in total. The van der Waals surface area contributed by atoms with Gasteiger partial charge in [-0.15, -0.1) is 11.8 Å². The number of hydrogen-bond donors (Lipinski definition) is 0. The molecule has 0 saturated heterocycles. The predicted molar refractivity (Wildman–Crippen MR) is 64.3 cm³/mol. The van der Waals surface area contributed by atoms with E-state index in [2.05, 4.69) is 44.6 Å². The monoisotopic (exact) mass is 195 g/mol. The van der Waals surface area contributed by atoms with E-state index in [9.17, 15) is 0 Å². The fourth-order valence-corrected chi connectivity index (χ4v) is 1.29. The van der Waals surface area contributed by atoms with Crippen LogP contribution in [-0.4, -0.2) is 25.0 Å². The number of nitrogens with zero attached hydrogens (tertiary/aromatic N) is 1. The molecule has 0 spiro atoms. The molecule has 0 radical (unpaired) electrons. The minimum Gasteiger partial charge on any atom is -0.306 e. The molecule has 14 heavy (non-hydrogen) atoms. The third kappa shape index (κ3) is 6.97. The summed E-state index contributed by atoms with van der Waals surface area (Å²) in [7, 11) is 2.14. The van der Waals surface area contributed by atoms with Crippen LogP contribution in [0.5, 0.6) is 0 Å². The quantitative estimate of drug-likeness (QED) is 0.588. The van der Waals surface area contributed by atoms with E-state index >= 15 is 0 Å². The molecule has 0 fully saturated rings. The molecule has 0 aromatic heterocycles. The Balaban J connectivity index is 3.52. The third-order valence-electron chi connectivity index (χ3n) is 2.83. The van der Waals surface area contributed by atoms with Gasteiger partial charge in [0.05, 0.1) is 0 Å². The van der Waals surface area contributed by atoms with Gasteiger partial charge in [-0.3, -0.25) is 0 Å². The fourth-order valence-electron chi connectivity index (χ4n) is 1.29. The van der Waals surface area contributed by atoms with E-state index in [1.54, 1.807) is 0 Å². The van der Waals surface area contributed by atoms with Gasteiger partial charge in [-0.2, -0.15) is 0 Å². The molecule has 0 unspecified atom stereocenters. The molecule has 0 aromatic carbocycles. The Morgan fingerprint density at radius 2 is 1.71 bits per heavy atom. The van der Waals surface area contributed by atoms with Crippen LogP contribution in [0.2, 0.25) is 0 Å². The van der Waals surface area contributed by atoms with E-state index in [-0.39, 0.29) is 0 Å². The molecule has 0 N–H and O–H groups in total. The highest BCUT2D eigenvalue weighted by atomic mass is 15.1. The van der Waals surface area contributed by atoms with Gasteiger partial charge in [0.15, 0.2) is 0 Å². The van der Waals surface area contributed by atoms with Crippen LogP contribution in [0.4, 0.5) is 0 Å². The van der Waals surface area contributed by atoms with E-state index in [4.69, 9.17) is 0 Å². The fraction of sp³-hybridized carbons (Fsp3) is 0.846. The van der Waals surface area contributed by atoms with Crippen LogP contribution < -0.4 is 0 Å². The van der Waals surface area contributed by atoms with Crippen molar-refractivity contribution in [2.24, 2.45) is 5.92 Å². The van der Waals surface area contributed by atoms with Gasteiger partial charge in [-0.25, -0.2) is 0 Å². The zero-order valence-corrected chi connectivity index (χ0v) is 10.3. The number of hydrogen-bond acceptors (Lipinski definition) is 1. The lowest BCUT2D eigenvalue weighted by atomic mass is 10.00. The first-order chi connectivity index (χ1) is 6.74. The molecule has 0 bridgehead atoms. The van der Waals surface area contributed by atoms with Gasteiger partial charge in [0.2, 0.25) is 0 Å². The second kappa shape index (κ2) is 9.09. The predicted octanol–water partition coefficient (Wildman–Crippen LogP) is 3.16. The van der Waals surface area contributed by atoms with E-state index in [1.807, 2.05) is 0 Å². The Kier molecular flexibility index (Phi) is 8.78. The summed E-state index contributed by atoms with van der Waals surface area (Å²) in [5.41, 5.74) is 0. The zero-order chi connectivity index (χ0) is 10.8. The van der Waals surface area contributed by atoms with Crippen LogP contribution in [0.3, 0.4) is 0 Å². The van der Waals surface area contributed by atoms with Crippen LogP contribution >= 0.6 is 0 Å². The Morgan fingerprint density at radius 1 is 1.07 bits per heavy atom. The summed E-state index contributed by atoms with van der Waals surface area (Å²) in [5, 5.41) is 0. The van der Waals surface area contributed by atoms with Gasteiger partial charge in [0.1, 0.15) is 0 Å². The molecule has 0 aliphatic rings. The molecule has 1 heteroatoms. The van der Waals surface area contributed by atoms with Gasteiger partial charge in [0.25, 0.3) is 0 Å². The Morgan fingerprint density at radius 3 is 2.21 bits per heavy atom. The van der Waals surface area contributed by atoms with Crippen LogP contribution in [0.25, 0.3) is 0 Å². The van der Waals surface area contributed by atoms with Crippen molar-refractivity contribution < 1.29 is 0 Å². The molecule has 0 saturated carbocycles. The summed E-state index contributed by atoms with van der Waals surface area (Å²) in [6.45, 7) is 8.90. The standard InChI is InChI=1S/C13H25N/c1-5-13(6-2)11-9-8-10-12-14(4)7-3/h13H,5-7,10-12H2,1-4H3. The summed E-state index contributed by atoms with van der Waals surface area (Å²) >= 11 is 0. The highest BCUT2D eigenvalue weighted by Crippen LogP contribution is 2.10. The van der Waals surface area contributed by atoms with Crippen molar-refractivity contribution in [1.29, 1.82) is 0 Å². The first-order valence-electron chi connectivity index (χ1n) is 5.88. The van der Waals surface area contributed by atoms with E-state index < -0.39 is 0 Å². The van der Waals surface area contributed by atoms with Gasteiger partial charge in [-0.05, 0) is 19.5 Å². The highest BCUT2D eigenvalue weighted by Gasteiger charge is 1.98. The zero-order valence-electron chi connectivity index (χ0n) is 10.3. The minimum atomic E-state index is 0.811. The van der Waals surface area contributed by atoms with Gasteiger partial charge in [-0.1, -0.05) is 33.6 Å². The maximum absolute atomic E-state index is 3.29. The van der Waals surface area contributed by atoms with Crippen LogP contribution in [0.1, 0.15) is 46.5 Å². The second-order valence-corrected chi connectivity index (χ2v) is 3.89. The molecule has 0 heterocycles. The molecule has 0 aliphatic heterocycles. The lowest BCUT2D eigenvalue weighted by Gasteiger charge is -2.10. The molecule has 0 aromatic rings. The van der Waals surface area contributed by atoms with Gasteiger partial charge in [0, 0.05) is 19.4 Å². The summed E-state index contributed by atoms with van der Waals surface area (Å²) in [6.07, 6.45) is 4.63. The van der Waals surface area contributed by atoms with Crippen molar-refractivity contribution in [3.63, 3.8) is 0 Å². The topological polar surface area (TPSA) is 3.24 Å². The van der Waals surface area contributed by atoms with Crippen molar-refractivity contribution in [3.05, 3.63) is 0 Å². The lowest BCUT2D eigenvalue weighted by Crippen LogP contribution is -2.18. The van der Waals surface area contributed by atoms with E-state index in [0.717, 1.165) is 31.8 Å². The SMILES string of the molecule is CCC(CC)CC#CCCN(C)CC. The molecule has 0 atom stereocenters. The normalized spacial score (nSPS) is 10.4. The Bertz CT molecular complexity index is 171. The summed E-state index contributed by atoms with van der Waals surface area (Å²) in [5.74, 6) is 7.36. The van der Waals surface area contributed by atoms with Crippen LogP contribution in [0, 0.1) is 17.8 Å². The van der Waals surface area contributed by atoms with Crippen LogP contribution in [-0.2, 0) is 0 Å². The van der Waals surface area contributed by atoms with Crippen molar-refractivity contribution in [2.45, 2.75) is 46.5 Å². The molecule has 0 rings (SSSR count). The molecule has 0 amide bonds. The summed E-state index contributed by atoms with van der Waals surface area (Å²) in [6, 6.07) is 0. The van der Waals surface area contributed by atoms with Crippen molar-refractivity contribution in [2.75, 3.05) is 20.1 Å². The molecular weight excluding hydrogens is 170 g/mol. The summed E-state index contributed by atoms with van der Waals surface area (Å²) in [4.78, 5) is 2.30. The Hall–Kier alpha value is -0.480. The smallest absolute Gasteiger partial charge is 0.0216 e. The molecular formula is C13H25N. The van der Waals surface area contributed by atoms with E-state index in [0.29, 0.717) is 0 Å². The highest BCUT2D eigenvalue weighted by molar-refractivity contribution is 5.00. The largest absolute Gasteiger partial charge is 0.306 e.